The minimum Gasteiger partial charge on any atom is -0.490 e. The third kappa shape index (κ3) is 3.78. The lowest BCUT2D eigenvalue weighted by Crippen LogP contribution is -2.55. The Morgan fingerprint density at radius 3 is 2.94 bits per heavy atom. The number of nitrogens with zero attached hydrogens (tertiary/aromatic N) is 2. The van der Waals surface area contributed by atoms with Gasteiger partial charge in [-0.05, 0) is 67.1 Å². The van der Waals surface area contributed by atoms with Crippen molar-refractivity contribution < 1.29 is 14.6 Å². The van der Waals surface area contributed by atoms with Crippen LogP contribution < -0.4 is 9.64 Å². The number of fused-ring (bicyclic) bond motifs is 3. The number of aryl methyl sites for hydroxylation is 1. The second-order valence-corrected chi connectivity index (χ2v) is 9.75. The number of halogens is 1. The molecule has 5 nitrogen and oxygen atoms in total. The van der Waals surface area contributed by atoms with Gasteiger partial charge < -0.3 is 14.7 Å². The molecule has 1 spiro atoms. The van der Waals surface area contributed by atoms with Crippen molar-refractivity contribution >= 4 is 23.3 Å². The number of anilines is 1. The Bertz CT molecular complexity index is 1060. The lowest BCUT2D eigenvalue weighted by atomic mass is 9.70. The van der Waals surface area contributed by atoms with Crippen LogP contribution in [-0.2, 0) is 11.8 Å². The molecule has 2 heterocycles. The predicted octanol–water partition coefficient (Wildman–Crippen LogP) is 4.77. The van der Waals surface area contributed by atoms with Crippen molar-refractivity contribution in [1.29, 1.82) is 0 Å². The van der Waals surface area contributed by atoms with Crippen LogP contribution in [0.1, 0.15) is 40.7 Å². The van der Waals surface area contributed by atoms with Crippen molar-refractivity contribution in [1.82, 2.24) is 4.90 Å². The van der Waals surface area contributed by atoms with Crippen molar-refractivity contribution in [3.8, 4) is 5.75 Å². The third-order valence-corrected chi connectivity index (χ3v) is 7.58. The van der Waals surface area contributed by atoms with Crippen LogP contribution in [0.5, 0.6) is 5.75 Å². The van der Waals surface area contributed by atoms with Gasteiger partial charge in [-0.15, -0.1) is 6.58 Å². The smallest absolute Gasteiger partial charge is 0.335 e. The normalized spacial score (nSPS) is 24.7. The topological polar surface area (TPSA) is 53.0 Å². The summed E-state index contributed by atoms with van der Waals surface area (Å²) in [5.74, 6) is -0.149. The zero-order valence-electron chi connectivity index (χ0n) is 18.2. The Morgan fingerprint density at radius 1 is 1.31 bits per heavy atom. The van der Waals surface area contributed by atoms with E-state index < -0.39 is 5.97 Å². The van der Waals surface area contributed by atoms with Crippen molar-refractivity contribution in [2.24, 2.45) is 0 Å². The van der Waals surface area contributed by atoms with Crippen molar-refractivity contribution in [3.05, 3.63) is 70.8 Å². The Labute approximate surface area is 194 Å². The van der Waals surface area contributed by atoms with E-state index in [2.05, 4.69) is 28.5 Å². The monoisotopic (exact) mass is 452 g/mol. The van der Waals surface area contributed by atoms with Crippen LogP contribution in [0, 0.1) is 0 Å². The van der Waals surface area contributed by atoms with Crippen molar-refractivity contribution in [2.75, 3.05) is 37.7 Å². The number of carbonyl (C=O) groups is 1. The van der Waals surface area contributed by atoms with Crippen LogP contribution in [0.25, 0.3) is 0 Å². The molecule has 5 rings (SSSR count). The zero-order chi connectivity index (χ0) is 22.3. The van der Waals surface area contributed by atoms with Gasteiger partial charge in [-0.1, -0.05) is 23.7 Å². The first kappa shape index (κ1) is 21.4. The highest BCUT2D eigenvalue weighted by molar-refractivity contribution is 6.30. The number of rotatable bonds is 5. The van der Waals surface area contributed by atoms with Gasteiger partial charge in [-0.25, -0.2) is 4.79 Å². The Kier molecular flexibility index (Phi) is 5.64. The summed E-state index contributed by atoms with van der Waals surface area (Å²) in [6.07, 6.45) is 6.25. The van der Waals surface area contributed by atoms with E-state index in [-0.39, 0.29) is 5.41 Å². The zero-order valence-corrected chi connectivity index (χ0v) is 19.0. The highest BCUT2D eigenvalue weighted by Crippen LogP contribution is 2.45. The summed E-state index contributed by atoms with van der Waals surface area (Å²) in [5, 5.41) is 10.4. The van der Waals surface area contributed by atoms with Crippen molar-refractivity contribution in [3.63, 3.8) is 0 Å². The van der Waals surface area contributed by atoms with Crippen LogP contribution in [0.3, 0.4) is 0 Å². The molecule has 1 aliphatic carbocycles. The number of likely N-dealkylation sites (tertiary alicyclic amines) is 1. The molecule has 2 aromatic carbocycles. The van der Waals surface area contributed by atoms with Gasteiger partial charge in [0.2, 0.25) is 0 Å². The molecule has 2 aliphatic heterocycles. The largest absolute Gasteiger partial charge is 0.490 e. The number of aromatic carboxylic acids is 1. The number of hydrogen-bond acceptors (Lipinski definition) is 4. The van der Waals surface area contributed by atoms with Crippen LogP contribution >= 0.6 is 11.6 Å². The number of carboxylic acid groups (broad SMARTS) is 1. The number of benzene rings is 2. The molecular weight excluding hydrogens is 424 g/mol. The fourth-order valence-electron chi connectivity index (χ4n) is 5.61. The molecule has 6 heteroatoms. The molecule has 1 saturated heterocycles. The fraction of sp³-hybridized carbons (Fsp3) is 0.423. The van der Waals surface area contributed by atoms with Gasteiger partial charge in [0.25, 0.3) is 0 Å². The molecule has 0 radical (unpaired) electrons. The number of ether oxygens (including phenoxy) is 1. The van der Waals surface area contributed by atoms with Gasteiger partial charge in [-0.3, -0.25) is 4.90 Å². The van der Waals surface area contributed by atoms with Crippen LogP contribution in [0.15, 0.2) is 49.1 Å². The maximum Gasteiger partial charge on any atom is 0.335 e. The molecule has 32 heavy (non-hydrogen) atoms. The summed E-state index contributed by atoms with van der Waals surface area (Å²) in [7, 11) is 0. The Balaban J connectivity index is 1.55. The summed E-state index contributed by atoms with van der Waals surface area (Å²) in [6.45, 7) is 8.08. The lowest BCUT2D eigenvalue weighted by molar-refractivity contribution is 0.0697. The highest BCUT2D eigenvalue weighted by Gasteiger charge is 2.43. The molecule has 0 bridgehead atoms. The van der Waals surface area contributed by atoms with E-state index in [0.29, 0.717) is 18.2 Å². The summed E-state index contributed by atoms with van der Waals surface area (Å²) >= 11 is 6.32. The quantitative estimate of drug-likeness (QED) is 0.662. The molecular formula is C26H29ClN2O3. The van der Waals surface area contributed by atoms with E-state index in [1.54, 1.807) is 12.1 Å². The Morgan fingerprint density at radius 2 is 2.19 bits per heavy atom. The molecule has 168 valence electrons. The molecule has 2 aromatic rings. The molecule has 0 unspecified atom stereocenters. The molecule has 2 atom stereocenters. The van der Waals surface area contributed by atoms with Gasteiger partial charge in [0.05, 0.1) is 17.9 Å². The maximum atomic E-state index is 11.7. The predicted molar refractivity (Wildman–Crippen MR) is 127 cm³/mol. The molecule has 0 amide bonds. The first-order chi connectivity index (χ1) is 15.5. The third-order valence-electron chi connectivity index (χ3n) is 7.34. The van der Waals surface area contributed by atoms with E-state index in [1.165, 1.54) is 11.1 Å². The van der Waals surface area contributed by atoms with Crippen molar-refractivity contribution in [2.45, 2.75) is 37.1 Å². The molecule has 1 fully saturated rings. The molecule has 3 aliphatic rings. The standard InChI is InChI=1S/C26H29ClN2O3/c1-2-11-28-12-9-21(28)15-29-16-26(10-3-4-18-13-20(27)6-7-22(18)26)17-32-24-8-5-19(25(30)31)14-23(24)29/h2,5-8,13-14,21H,1,3-4,9-12,15-17H2,(H,30,31)/t21-,26-/m0/s1. The van der Waals surface area contributed by atoms with E-state index >= 15 is 0 Å². The number of hydrogen-bond donors (Lipinski definition) is 1. The molecule has 0 saturated carbocycles. The first-order valence-corrected chi connectivity index (χ1v) is 11.8. The van der Waals surface area contributed by atoms with Gasteiger partial charge in [-0.2, -0.15) is 0 Å². The molecule has 0 aromatic heterocycles. The summed E-state index contributed by atoms with van der Waals surface area (Å²) in [5.41, 5.74) is 3.66. The van der Waals surface area contributed by atoms with Crippen LogP contribution in [-0.4, -0.2) is 54.8 Å². The first-order valence-electron chi connectivity index (χ1n) is 11.4. The van der Waals surface area contributed by atoms with E-state index in [0.717, 1.165) is 68.3 Å². The maximum absolute atomic E-state index is 11.7. The fourth-order valence-corrected chi connectivity index (χ4v) is 5.80. The van der Waals surface area contributed by atoms with Gasteiger partial charge in [0.15, 0.2) is 0 Å². The summed E-state index contributed by atoms with van der Waals surface area (Å²) in [4.78, 5) is 16.5. The minimum atomic E-state index is -0.915. The van der Waals surface area contributed by atoms with Gasteiger partial charge in [0, 0.05) is 42.7 Å². The van der Waals surface area contributed by atoms with Crippen LogP contribution in [0.4, 0.5) is 5.69 Å². The van der Waals surface area contributed by atoms with Gasteiger partial charge in [0.1, 0.15) is 5.75 Å². The SMILES string of the molecule is C=CCN1CC[C@H]1CN1C[C@@]2(CCCc3cc(Cl)ccc32)COc2ccc(C(=O)O)cc21. The second-order valence-electron chi connectivity index (χ2n) is 9.32. The number of carboxylic acids is 1. The summed E-state index contributed by atoms with van der Waals surface area (Å²) < 4.78 is 6.40. The van der Waals surface area contributed by atoms with E-state index in [9.17, 15) is 9.90 Å². The lowest BCUT2D eigenvalue weighted by Gasteiger charge is -2.46. The highest BCUT2D eigenvalue weighted by atomic mass is 35.5. The average molecular weight is 453 g/mol. The summed E-state index contributed by atoms with van der Waals surface area (Å²) in [6, 6.07) is 11.9. The minimum absolute atomic E-state index is 0.145. The van der Waals surface area contributed by atoms with Gasteiger partial charge >= 0.3 is 5.97 Å². The second kappa shape index (κ2) is 8.45. The van der Waals surface area contributed by atoms with E-state index in [1.807, 2.05) is 18.2 Å². The Hall–Kier alpha value is -2.50. The van der Waals surface area contributed by atoms with Crippen LogP contribution in [0.2, 0.25) is 5.02 Å². The average Bonchev–Trinajstić information content (AvgIpc) is 2.92. The van der Waals surface area contributed by atoms with E-state index in [4.69, 9.17) is 16.3 Å². The molecule has 1 N–H and O–H groups in total.